The average Bonchev–Trinajstić information content (AvgIpc) is 2.73. The third-order valence-corrected chi connectivity index (χ3v) is 4.10. The van der Waals surface area contributed by atoms with Crippen LogP contribution < -0.4 is 10.1 Å². The molecule has 1 amide bonds. The lowest BCUT2D eigenvalue weighted by Gasteiger charge is -2.14. The molecule has 7 nitrogen and oxygen atoms in total. The maximum atomic E-state index is 13.0. The standard InChI is InChI=1S/C21H17FN2O5/c22-15-8-6-14(7-9-15)19(25)13-23-21(26)18-12-16(24(27)28)10-11-20(18)29-17-4-2-1-3-5-17/h1-12,19,25H,13H2,(H,23,26). The van der Waals surface area contributed by atoms with Gasteiger partial charge >= 0.3 is 0 Å². The van der Waals surface area contributed by atoms with Crippen LogP contribution in [0.4, 0.5) is 10.1 Å². The molecule has 2 N–H and O–H groups in total. The molecular weight excluding hydrogens is 379 g/mol. The van der Waals surface area contributed by atoms with E-state index in [2.05, 4.69) is 5.32 Å². The lowest BCUT2D eigenvalue weighted by atomic mass is 10.1. The smallest absolute Gasteiger partial charge is 0.270 e. The fourth-order valence-corrected chi connectivity index (χ4v) is 2.60. The summed E-state index contributed by atoms with van der Waals surface area (Å²) in [6, 6.07) is 17.6. The molecule has 0 aliphatic carbocycles. The van der Waals surface area contributed by atoms with Gasteiger partial charge in [-0.25, -0.2) is 4.39 Å². The number of nitro groups is 1. The van der Waals surface area contributed by atoms with Gasteiger partial charge in [-0.3, -0.25) is 14.9 Å². The Kier molecular flexibility index (Phi) is 6.16. The number of ether oxygens (including phenoxy) is 1. The molecule has 0 aliphatic rings. The quantitative estimate of drug-likeness (QED) is 0.464. The van der Waals surface area contributed by atoms with E-state index in [9.17, 15) is 24.4 Å². The first-order valence-corrected chi connectivity index (χ1v) is 8.67. The van der Waals surface area contributed by atoms with Crippen molar-refractivity contribution in [2.45, 2.75) is 6.10 Å². The van der Waals surface area contributed by atoms with E-state index >= 15 is 0 Å². The van der Waals surface area contributed by atoms with Crippen LogP contribution in [0.25, 0.3) is 0 Å². The Labute approximate surface area is 165 Å². The van der Waals surface area contributed by atoms with Gasteiger partial charge in [-0.15, -0.1) is 0 Å². The molecular formula is C21H17FN2O5. The highest BCUT2D eigenvalue weighted by Crippen LogP contribution is 2.29. The fourth-order valence-electron chi connectivity index (χ4n) is 2.60. The number of rotatable bonds is 7. The maximum Gasteiger partial charge on any atom is 0.270 e. The number of hydrogen-bond acceptors (Lipinski definition) is 5. The monoisotopic (exact) mass is 396 g/mol. The molecule has 8 heteroatoms. The van der Waals surface area contributed by atoms with Crippen LogP contribution >= 0.6 is 0 Å². The van der Waals surface area contributed by atoms with Crippen LogP contribution in [0, 0.1) is 15.9 Å². The summed E-state index contributed by atoms with van der Waals surface area (Å²) < 4.78 is 18.7. The molecule has 0 heterocycles. The summed E-state index contributed by atoms with van der Waals surface area (Å²) in [6.07, 6.45) is -1.07. The SMILES string of the molecule is O=C(NCC(O)c1ccc(F)cc1)c1cc([N+](=O)[O-])ccc1Oc1ccccc1. The zero-order valence-corrected chi connectivity index (χ0v) is 15.1. The zero-order chi connectivity index (χ0) is 20.8. The molecule has 3 aromatic carbocycles. The number of hydrogen-bond donors (Lipinski definition) is 2. The highest BCUT2D eigenvalue weighted by Gasteiger charge is 2.19. The first-order valence-electron chi connectivity index (χ1n) is 8.67. The Bertz CT molecular complexity index is 1010. The summed E-state index contributed by atoms with van der Waals surface area (Å²) in [7, 11) is 0. The van der Waals surface area contributed by atoms with Gasteiger partial charge in [0.25, 0.3) is 11.6 Å². The van der Waals surface area contributed by atoms with Crippen LogP contribution in [0.3, 0.4) is 0 Å². The van der Waals surface area contributed by atoms with Gasteiger partial charge in [0.2, 0.25) is 0 Å². The lowest BCUT2D eigenvalue weighted by molar-refractivity contribution is -0.384. The Morgan fingerprint density at radius 1 is 1.10 bits per heavy atom. The zero-order valence-electron chi connectivity index (χ0n) is 15.1. The van der Waals surface area contributed by atoms with Crippen molar-refractivity contribution in [1.29, 1.82) is 0 Å². The fraction of sp³-hybridized carbons (Fsp3) is 0.0952. The van der Waals surface area contributed by atoms with Gasteiger partial charge in [0.15, 0.2) is 0 Å². The summed E-state index contributed by atoms with van der Waals surface area (Å²) >= 11 is 0. The van der Waals surface area contributed by atoms with Crippen LogP contribution in [0.1, 0.15) is 22.0 Å². The number of aliphatic hydroxyl groups excluding tert-OH is 1. The number of para-hydroxylation sites is 1. The van der Waals surface area contributed by atoms with E-state index in [4.69, 9.17) is 4.74 Å². The minimum absolute atomic E-state index is 0.0469. The molecule has 29 heavy (non-hydrogen) atoms. The van der Waals surface area contributed by atoms with Crippen molar-refractivity contribution >= 4 is 11.6 Å². The number of non-ortho nitro benzene ring substituents is 1. The summed E-state index contributed by atoms with van der Waals surface area (Å²) in [5, 5.41) is 23.8. The van der Waals surface area contributed by atoms with Crippen LogP contribution in [0.15, 0.2) is 72.8 Å². The second-order valence-electron chi connectivity index (χ2n) is 6.13. The normalized spacial score (nSPS) is 11.5. The number of nitro benzene ring substituents is 1. The van der Waals surface area contributed by atoms with E-state index in [0.29, 0.717) is 11.3 Å². The topological polar surface area (TPSA) is 102 Å². The number of aliphatic hydroxyl groups is 1. The molecule has 3 rings (SSSR count). The van der Waals surface area contributed by atoms with Gasteiger partial charge in [-0.1, -0.05) is 30.3 Å². The molecule has 0 aromatic heterocycles. The first-order chi connectivity index (χ1) is 13.9. The van der Waals surface area contributed by atoms with E-state index < -0.39 is 22.8 Å². The van der Waals surface area contributed by atoms with Gasteiger partial charge in [-0.2, -0.15) is 0 Å². The molecule has 1 atom stereocenters. The van der Waals surface area contributed by atoms with E-state index in [1.807, 2.05) is 0 Å². The van der Waals surface area contributed by atoms with Crippen molar-refractivity contribution in [3.63, 3.8) is 0 Å². The Balaban J connectivity index is 1.79. The van der Waals surface area contributed by atoms with Crippen molar-refractivity contribution in [2.24, 2.45) is 0 Å². The van der Waals surface area contributed by atoms with Crippen LogP contribution in [-0.2, 0) is 0 Å². The summed E-state index contributed by atoms with van der Waals surface area (Å²) in [5.41, 5.74) is 0.107. The number of amides is 1. The minimum atomic E-state index is -1.07. The largest absolute Gasteiger partial charge is 0.457 e. The molecule has 3 aromatic rings. The van der Waals surface area contributed by atoms with Gasteiger partial charge in [0.1, 0.15) is 17.3 Å². The van der Waals surface area contributed by atoms with E-state index in [1.165, 1.54) is 36.4 Å². The Morgan fingerprint density at radius 2 is 1.79 bits per heavy atom. The van der Waals surface area contributed by atoms with Crippen molar-refractivity contribution in [3.8, 4) is 11.5 Å². The highest BCUT2D eigenvalue weighted by molar-refractivity contribution is 5.97. The van der Waals surface area contributed by atoms with Crippen molar-refractivity contribution < 1.29 is 24.0 Å². The number of halogens is 1. The van der Waals surface area contributed by atoms with Crippen LogP contribution in [0.5, 0.6) is 11.5 Å². The molecule has 0 saturated carbocycles. The third-order valence-electron chi connectivity index (χ3n) is 4.10. The van der Waals surface area contributed by atoms with E-state index in [0.717, 1.165) is 6.07 Å². The summed E-state index contributed by atoms with van der Waals surface area (Å²) in [6.45, 7) is -0.169. The lowest BCUT2D eigenvalue weighted by Crippen LogP contribution is -2.28. The number of nitrogens with one attached hydrogen (secondary N) is 1. The van der Waals surface area contributed by atoms with Crippen LogP contribution in [-0.4, -0.2) is 22.5 Å². The van der Waals surface area contributed by atoms with Gasteiger partial charge < -0.3 is 15.2 Å². The van der Waals surface area contributed by atoms with Crippen molar-refractivity contribution in [3.05, 3.63) is 99.9 Å². The second-order valence-corrected chi connectivity index (χ2v) is 6.13. The first kappa shape index (κ1) is 20.0. The Morgan fingerprint density at radius 3 is 2.45 bits per heavy atom. The molecule has 0 spiro atoms. The molecule has 0 aliphatic heterocycles. The average molecular weight is 396 g/mol. The number of benzene rings is 3. The molecule has 1 unspecified atom stereocenters. The van der Waals surface area contributed by atoms with Crippen molar-refractivity contribution in [2.75, 3.05) is 6.54 Å². The predicted octanol–water partition coefficient (Wildman–Crippen LogP) is 3.99. The number of carbonyl (C=O) groups is 1. The molecule has 0 radical (unpaired) electrons. The molecule has 0 fully saturated rings. The highest BCUT2D eigenvalue weighted by atomic mass is 19.1. The van der Waals surface area contributed by atoms with Crippen molar-refractivity contribution in [1.82, 2.24) is 5.32 Å². The Hall–Kier alpha value is -3.78. The van der Waals surface area contributed by atoms with Gasteiger partial charge in [0, 0.05) is 18.7 Å². The minimum Gasteiger partial charge on any atom is -0.457 e. The van der Waals surface area contributed by atoms with E-state index in [-0.39, 0.29) is 23.5 Å². The molecule has 0 saturated heterocycles. The number of nitrogens with zero attached hydrogens (tertiary/aromatic N) is 1. The van der Waals surface area contributed by atoms with Crippen LogP contribution in [0.2, 0.25) is 0 Å². The number of carbonyl (C=O) groups excluding carboxylic acids is 1. The summed E-state index contributed by atoms with van der Waals surface area (Å²) in [5.74, 6) is -0.498. The summed E-state index contributed by atoms with van der Waals surface area (Å²) in [4.78, 5) is 23.1. The molecule has 148 valence electrons. The molecule has 0 bridgehead atoms. The maximum absolute atomic E-state index is 13.0. The van der Waals surface area contributed by atoms with Gasteiger partial charge in [-0.05, 0) is 35.9 Å². The second kappa shape index (κ2) is 8.94. The van der Waals surface area contributed by atoms with E-state index in [1.54, 1.807) is 30.3 Å². The van der Waals surface area contributed by atoms with Gasteiger partial charge in [0.05, 0.1) is 16.6 Å². The predicted molar refractivity (Wildman–Crippen MR) is 103 cm³/mol. The third kappa shape index (κ3) is 5.14.